The van der Waals surface area contributed by atoms with Crippen molar-refractivity contribution in [1.82, 2.24) is 10.3 Å². The van der Waals surface area contributed by atoms with Crippen LogP contribution in [0.3, 0.4) is 0 Å². The molecule has 0 bridgehead atoms. The molecule has 0 unspecified atom stereocenters. The molecule has 0 aliphatic rings. The van der Waals surface area contributed by atoms with Crippen molar-refractivity contribution in [2.24, 2.45) is 5.73 Å². The predicted octanol–water partition coefficient (Wildman–Crippen LogP) is 3.09. The quantitative estimate of drug-likeness (QED) is 0.771. The number of aromatic nitrogens is 1. The standard InChI is InChI=1S/C17H23N3OS/c1-12(2)14-7-5-13(6-8-14)4-3-9-19-17(21)15-11-22-16(10-18)20-15/h5-8,11-12H,3-4,9-10,18H2,1-2H3,(H,19,21). The summed E-state index contributed by atoms with van der Waals surface area (Å²) in [6, 6.07) is 8.71. The topological polar surface area (TPSA) is 68.0 Å². The second kappa shape index (κ2) is 8.06. The van der Waals surface area contributed by atoms with Crippen molar-refractivity contribution in [3.8, 4) is 0 Å². The largest absolute Gasteiger partial charge is 0.351 e. The molecule has 0 atom stereocenters. The Morgan fingerprint density at radius 3 is 2.64 bits per heavy atom. The van der Waals surface area contributed by atoms with Crippen molar-refractivity contribution in [3.63, 3.8) is 0 Å². The number of rotatable bonds is 7. The molecule has 0 spiro atoms. The van der Waals surface area contributed by atoms with Crippen LogP contribution < -0.4 is 11.1 Å². The number of thiazole rings is 1. The van der Waals surface area contributed by atoms with Gasteiger partial charge in [0.25, 0.3) is 5.91 Å². The molecule has 2 aromatic rings. The normalized spacial score (nSPS) is 10.9. The minimum atomic E-state index is -0.119. The molecule has 1 aromatic carbocycles. The highest BCUT2D eigenvalue weighted by molar-refractivity contribution is 7.09. The lowest BCUT2D eigenvalue weighted by Gasteiger charge is -2.07. The zero-order chi connectivity index (χ0) is 15.9. The van der Waals surface area contributed by atoms with Crippen LogP contribution >= 0.6 is 11.3 Å². The van der Waals surface area contributed by atoms with Gasteiger partial charge in [-0.2, -0.15) is 0 Å². The fourth-order valence-corrected chi connectivity index (χ4v) is 2.82. The van der Waals surface area contributed by atoms with Crippen molar-refractivity contribution in [2.45, 2.75) is 39.2 Å². The average Bonchev–Trinajstić information content (AvgIpc) is 3.01. The van der Waals surface area contributed by atoms with Gasteiger partial charge in [0.05, 0.1) is 0 Å². The highest BCUT2D eigenvalue weighted by atomic mass is 32.1. The zero-order valence-corrected chi connectivity index (χ0v) is 14.0. The van der Waals surface area contributed by atoms with Gasteiger partial charge in [-0.1, -0.05) is 38.1 Å². The average molecular weight is 317 g/mol. The molecule has 0 saturated carbocycles. The second-order valence-electron chi connectivity index (χ2n) is 5.59. The summed E-state index contributed by atoms with van der Waals surface area (Å²) >= 11 is 1.42. The molecule has 0 fully saturated rings. The van der Waals surface area contributed by atoms with E-state index in [1.165, 1.54) is 22.5 Å². The van der Waals surface area contributed by atoms with E-state index in [2.05, 4.69) is 48.4 Å². The summed E-state index contributed by atoms with van der Waals surface area (Å²) in [7, 11) is 0. The first-order valence-corrected chi connectivity index (χ1v) is 8.49. The van der Waals surface area contributed by atoms with Crippen molar-refractivity contribution in [2.75, 3.05) is 6.54 Å². The van der Waals surface area contributed by atoms with E-state index in [0.717, 1.165) is 17.8 Å². The number of nitrogens with zero attached hydrogens (tertiary/aromatic N) is 1. The van der Waals surface area contributed by atoms with Crippen LogP contribution in [-0.2, 0) is 13.0 Å². The highest BCUT2D eigenvalue weighted by Gasteiger charge is 2.09. The Morgan fingerprint density at radius 1 is 1.32 bits per heavy atom. The summed E-state index contributed by atoms with van der Waals surface area (Å²) in [5.41, 5.74) is 8.62. The van der Waals surface area contributed by atoms with Crippen LogP contribution in [0.5, 0.6) is 0 Å². The molecule has 3 N–H and O–H groups in total. The number of benzene rings is 1. The van der Waals surface area contributed by atoms with E-state index in [1.807, 2.05) is 0 Å². The van der Waals surface area contributed by atoms with Gasteiger partial charge in [-0.3, -0.25) is 4.79 Å². The van der Waals surface area contributed by atoms with Gasteiger partial charge in [0, 0.05) is 18.5 Å². The third-order valence-electron chi connectivity index (χ3n) is 3.53. The van der Waals surface area contributed by atoms with Gasteiger partial charge in [0.15, 0.2) is 0 Å². The molecular weight excluding hydrogens is 294 g/mol. The first-order valence-electron chi connectivity index (χ1n) is 7.61. The van der Waals surface area contributed by atoms with Crippen LogP contribution in [0.2, 0.25) is 0 Å². The molecular formula is C17H23N3OS. The van der Waals surface area contributed by atoms with E-state index in [1.54, 1.807) is 5.38 Å². The van der Waals surface area contributed by atoms with E-state index in [0.29, 0.717) is 24.7 Å². The molecule has 1 heterocycles. The molecule has 0 aliphatic carbocycles. The zero-order valence-electron chi connectivity index (χ0n) is 13.1. The molecule has 118 valence electrons. The lowest BCUT2D eigenvalue weighted by atomic mass is 10.0. The fourth-order valence-electron chi connectivity index (χ4n) is 2.16. The number of nitrogens with one attached hydrogen (secondary N) is 1. The summed E-state index contributed by atoms with van der Waals surface area (Å²) in [5.74, 6) is 0.441. The van der Waals surface area contributed by atoms with Gasteiger partial charge in [-0.25, -0.2) is 4.98 Å². The number of amides is 1. The van der Waals surface area contributed by atoms with Crippen molar-refractivity contribution in [1.29, 1.82) is 0 Å². The van der Waals surface area contributed by atoms with Gasteiger partial charge in [0.1, 0.15) is 10.7 Å². The van der Waals surface area contributed by atoms with Gasteiger partial charge < -0.3 is 11.1 Å². The summed E-state index contributed by atoms with van der Waals surface area (Å²) in [6.07, 6.45) is 1.88. The third kappa shape index (κ3) is 4.64. The summed E-state index contributed by atoms with van der Waals surface area (Å²) in [5, 5.41) is 5.44. The maximum atomic E-state index is 11.9. The Kier molecular flexibility index (Phi) is 6.10. The van der Waals surface area contributed by atoms with Gasteiger partial charge in [-0.15, -0.1) is 11.3 Å². The van der Waals surface area contributed by atoms with Gasteiger partial charge in [-0.05, 0) is 29.9 Å². The Bertz CT molecular complexity index is 605. The molecule has 0 aliphatic heterocycles. The minimum Gasteiger partial charge on any atom is -0.351 e. The molecule has 22 heavy (non-hydrogen) atoms. The van der Waals surface area contributed by atoms with Crippen LogP contribution in [0.4, 0.5) is 0 Å². The number of aryl methyl sites for hydroxylation is 1. The Morgan fingerprint density at radius 2 is 2.05 bits per heavy atom. The number of hydrogen-bond donors (Lipinski definition) is 2. The van der Waals surface area contributed by atoms with Gasteiger partial charge >= 0.3 is 0 Å². The maximum Gasteiger partial charge on any atom is 0.270 e. The Labute approximate surface area is 135 Å². The van der Waals surface area contributed by atoms with Gasteiger partial charge in [0.2, 0.25) is 0 Å². The molecule has 1 amide bonds. The smallest absolute Gasteiger partial charge is 0.270 e. The monoisotopic (exact) mass is 317 g/mol. The van der Waals surface area contributed by atoms with Crippen LogP contribution in [0.1, 0.15) is 52.8 Å². The molecule has 0 saturated heterocycles. The molecule has 5 heteroatoms. The first-order chi connectivity index (χ1) is 10.6. The number of carbonyl (C=O) groups excluding carboxylic acids is 1. The van der Waals surface area contributed by atoms with Crippen molar-refractivity contribution in [3.05, 3.63) is 51.5 Å². The maximum absolute atomic E-state index is 11.9. The Balaban J connectivity index is 1.73. The molecule has 4 nitrogen and oxygen atoms in total. The third-order valence-corrected chi connectivity index (χ3v) is 4.40. The Hall–Kier alpha value is -1.72. The number of nitrogens with two attached hydrogens (primary N) is 1. The van der Waals surface area contributed by atoms with Crippen molar-refractivity contribution >= 4 is 17.2 Å². The summed E-state index contributed by atoms with van der Waals surface area (Å²) in [4.78, 5) is 16.1. The van der Waals surface area contributed by atoms with E-state index in [9.17, 15) is 4.79 Å². The molecule has 0 radical (unpaired) electrons. The van der Waals surface area contributed by atoms with E-state index >= 15 is 0 Å². The highest BCUT2D eigenvalue weighted by Crippen LogP contribution is 2.15. The minimum absolute atomic E-state index is 0.119. The van der Waals surface area contributed by atoms with Crippen molar-refractivity contribution < 1.29 is 4.79 Å². The van der Waals surface area contributed by atoms with E-state index in [-0.39, 0.29) is 5.91 Å². The number of carbonyl (C=O) groups is 1. The molecule has 2 rings (SSSR count). The number of hydrogen-bond acceptors (Lipinski definition) is 4. The lowest BCUT2D eigenvalue weighted by molar-refractivity contribution is 0.0949. The van der Waals surface area contributed by atoms with Crippen LogP contribution in [0.15, 0.2) is 29.6 Å². The van der Waals surface area contributed by atoms with E-state index < -0.39 is 0 Å². The summed E-state index contributed by atoms with van der Waals surface area (Å²) in [6.45, 7) is 5.42. The lowest BCUT2D eigenvalue weighted by Crippen LogP contribution is -2.25. The SMILES string of the molecule is CC(C)c1ccc(CCCNC(=O)c2csc(CN)n2)cc1. The predicted molar refractivity (Wildman–Crippen MR) is 91.2 cm³/mol. The second-order valence-corrected chi connectivity index (χ2v) is 6.53. The van der Waals surface area contributed by atoms with Crippen LogP contribution in [0, 0.1) is 0 Å². The summed E-state index contributed by atoms with van der Waals surface area (Å²) < 4.78 is 0. The van der Waals surface area contributed by atoms with Crippen LogP contribution in [0.25, 0.3) is 0 Å². The fraction of sp³-hybridized carbons (Fsp3) is 0.412. The molecule has 1 aromatic heterocycles. The first kappa shape index (κ1) is 16.6. The van der Waals surface area contributed by atoms with E-state index in [4.69, 9.17) is 5.73 Å². The van der Waals surface area contributed by atoms with Crippen LogP contribution in [-0.4, -0.2) is 17.4 Å².